The minimum atomic E-state index is -3.96. The van der Waals surface area contributed by atoms with Gasteiger partial charge in [-0.1, -0.05) is 29.8 Å². The van der Waals surface area contributed by atoms with Gasteiger partial charge in [0.1, 0.15) is 0 Å². The van der Waals surface area contributed by atoms with Crippen LogP contribution in [0.3, 0.4) is 0 Å². The molecule has 0 fully saturated rings. The fourth-order valence-electron chi connectivity index (χ4n) is 2.59. The number of rotatable bonds is 5. The van der Waals surface area contributed by atoms with E-state index in [1.54, 1.807) is 36.4 Å². The van der Waals surface area contributed by atoms with Crippen LogP contribution in [0.15, 0.2) is 65.8 Å². The van der Waals surface area contributed by atoms with Crippen molar-refractivity contribution < 1.29 is 18.3 Å². The molecule has 0 unspecified atom stereocenters. The van der Waals surface area contributed by atoms with Gasteiger partial charge in [0.05, 0.1) is 27.7 Å². The minimum Gasteiger partial charge on any atom is -0.478 e. The van der Waals surface area contributed by atoms with Crippen molar-refractivity contribution in [1.29, 1.82) is 0 Å². The number of carboxylic acid groups (broad SMARTS) is 1. The van der Waals surface area contributed by atoms with Gasteiger partial charge in [-0.3, -0.25) is 0 Å². The lowest BCUT2D eigenvalue weighted by atomic mass is 10.3. The molecule has 0 spiro atoms. The Morgan fingerprint density at radius 2 is 1.89 bits per heavy atom. The maximum absolute atomic E-state index is 12.8. The first-order valence-electron chi connectivity index (χ1n) is 7.89. The fourth-order valence-corrected chi connectivity index (χ4v) is 3.80. The van der Waals surface area contributed by atoms with Crippen LogP contribution in [0.4, 0.5) is 0 Å². The van der Waals surface area contributed by atoms with Crippen molar-refractivity contribution in [3.8, 4) is 5.95 Å². The smallest absolute Gasteiger partial charge is 0.338 e. The van der Waals surface area contributed by atoms with Crippen LogP contribution in [0.25, 0.3) is 17.0 Å². The molecule has 2 aromatic heterocycles. The predicted molar refractivity (Wildman–Crippen MR) is 102 cm³/mol. The summed E-state index contributed by atoms with van der Waals surface area (Å²) in [6.07, 6.45) is 2.38. The largest absolute Gasteiger partial charge is 0.478 e. The van der Waals surface area contributed by atoms with E-state index in [1.165, 1.54) is 27.7 Å². The summed E-state index contributed by atoms with van der Waals surface area (Å²) in [5.74, 6) is -1.11. The Hall–Kier alpha value is -3.37. The molecule has 0 atom stereocenters. The van der Waals surface area contributed by atoms with Gasteiger partial charge in [-0.25, -0.2) is 24.0 Å². The average molecular weight is 418 g/mol. The highest BCUT2D eigenvalue weighted by atomic mass is 35.5. The molecule has 0 saturated carbocycles. The molecule has 2 heterocycles. The van der Waals surface area contributed by atoms with E-state index >= 15 is 0 Å². The first-order chi connectivity index (χ1) is 13.3. The Morgan fingerprint density at radius 1 is 1.14 bits per heavy atom. The maximum Gasteiger partial charge on any atom is 0.338 e. The zero-order valence-electron chi connectivity index (χ0n) is 14.0. The van der Waals surface area contributed by atoms with E-state index in [0.29, 0.717) is 16.1 Å². The molecule has 4 rings (SSSR count). The third-order valence-electron chi connectivity index (χ3n) is 3.90. The van der Waals surface area contributed by atoms with Gasteiger partial charge >= 0.3 is 5.97 Å². The number of nitrogens with one attached hydrogen (secondary N) is 1. The number of aromatic nitrogens is 4. The molecule has 0 radical (unpaired) electrons. The van der Waals surface area contributed by atoms with E-state index in [2.05, 4.69) is 14.9 Å². The zero-order chi connectivity index (χ0) is 19.9. The lowest BCUT2D eigenvalue weighted by molar-refractivity contribution is 0.0697. The van der Waals surface area contributed by atoms with Crippen LogP contribution in [0.2, 0.25) is 5.02 Å². The number of hydrogen-bond donors (Lipinski definition) is 2. The maximum atomic E-state index is 12.8. The quantitative estimate of drug-likeness (QED) is 0.515. The van der Waals surface area contributed by atoms with Gasteiger partial charge in [0.25, 0.3) is 16.0 Å². The molecule has 0 aliphatic rings. The number of aromatic carboxylic acids is 1. The van der Waals surface area contributed by atoms with E-state index in [-0.39, 0.29) is 16.4 Å². The lowest BCUT2D eigenvalue weighted by Gasteiger charge is -2.12. The van der Waals surface area contributed by atoms with Crippen LogP contribution >= 0.6 is 11.6 Å². The topological polar surface area (TPSA) is 119 Å². The van der Waals surface area contributed by atoms with E-state index in [9.17, 15) is 13.2 Å². The van der Waals surface area contributed by atoms with Crippen LogP contribution in [0.1, 0.15) is 10.4 Å². The third-order valence-corrected chi connectivity index (χ3v) is 5.45. The van der Waals surface area contributed by atoms with Crippen molar-refractivity contribution in [2.24, 2.45) is 0 Å². The van der Waals surface area contributed by atoms with E-state index in [1.807, 2.05) is 0 Å². The Balaban J connectivity index is 1.90. The van der Waals surface area contributed by atoms with Crippen LogP contribution in [0.5, 0.6) is 0 Å². The van der Waals surface area contributed by atoms with Gasteiger partial charge in [0.2, 0.25) is 0 Å². The number of fused-ring (bicyclic) bond motifs is 1. The first kappa shape index (κ1) is 18.0. The van der Waals surface area contributed by atoms with Crippen molar-refractivity contribution in [2.45, 2.75) is 4.90 Å². The summed E-state index contributed by atoms with van der Waals surface area (Å²) in [4.78, 5) is 18.0. The summed E-state index contributed by atoms with van der Waals surface area (Å²) in [5, 5.41) is 13.5. The molecule has 2 aromatic carbocycles. The summed E-state index contributed by atoms with van der Waals surface area (Å²) >= 11 is 6.06. The molecule has 9 nitrogen and oxygen atoms in total. The van der Waals surface area contributed by atoms with Crippen LogP contribution in [-0.2, 0) is 10.0 Å². The summed E-state index contributed by atoms with van der Waals surface area (Å²) in [7, 11) is -3.96. The monoisotopic (exact) mass is 417 g/mol. The average Bonchev–Trinajstić information content (AvgIpc) is 3.28. The number of carbonyl (C=O) groups is 1. The van der Waals surface area contributed by atoms with Gasteiger partial charge in [-0.2, -0.15) is 13.5 Å². The van der Waals surface area contributed by atoms with Crippen LogP contribution < -0.4 is 4.83 Å². The Bertz CT molecular complexity index is 1300. The van der Waals surface area contributed by atoms with Crippen molar-refractivity contribution >= 4 is 38.6 Å². The molecule has 11 heteroatoms. The van der Waals surface area contributed by atoms with Crippen LogP contribution in [-0.4, -0.2) is 38.9 Å². The molecular formula is C17H12ClN5O4S. The standard InChI is InChI=1S/C17H12ClN5O4S/c18-12-6-7-14-15(8-12)23(21-28(26,27)13-4-2-1-3-5-13)17(20-14)22-10-11(9-19-22)16(24)25/h1-10,21H,(H,24,25). The van der Waals surface area contributed by atoms with Gasteiger partial charge < -0.3 is 5.11 Å². The van der Waals surface area contributed by atoms with Gasteiger partial charge in [-0.15, -0.1) is 0 Å². The van der Waals surface area contributed by atoms with Crippen molar-refractivity contribution in [2.75, 3.05) is 4.83 Å². The Morgan fingerprint density at radius 3 is 2.57 bits per heavy atom. The van der Waals surface area contributed by atoms with E-state index < -0.39 is 16.0 Å². The summed E-state index contributed by atoms with van der Waals surface area (Å²) in [6.45, 7) is 0. The number of sulfonamides is 1. The normalized spacial score (nSPS) is 11.6. The zero-order valence-corrected chi connectivity index (χ0v) is 15.6. The predicted octanol–water partition coefficient (Wildman–Crippen LogP) is 2.51. The Labute approximate surface area is 163 Å². The SMILES string of the molecule is O=C(O)c1cnn(-c2nc3ccc(Cl)cc3n2NS(=O)(=O)c2ccccc2)c1. The highest BCUT2D eigenvalue weighted by Gasteiger charge is 2.21. The molecule has 142 valence electrons. The van der Waals surface area contributed by atoms with Crippen molar-refractivity contribution in [3.63, 3.8) is 0 Å². The van der Waals surface area contributed by atoms with Crippen molar-refractivity contribution in [3.05, 3.63) is 71.5 Å². The number of benzene rings is 2. The van der Waals surface area contributed by atoms with Gasteiger partial charge in [0, 0.05) is 11.2 Å². The summed E-state index contributed by atoms with van der Waals surface area (Å²) in [5.41, 5.74) is 0.763. The second-order valence-corrected chi connectivity index (χ2v) is 7.86. The van der Waals surface area contributed by atoms with Gasteiger partial charge in [-0.05, 0) is 30.3 Å². The molecule has 28 heavy (non-hydrogen) atoms. The molecule has 0 saturated heterocycles. The molecule has 4 aromatic rings. The fraction of sp³-hybridized carbons (Fsp3) is 0. The van der Waals surface area contributed by atoms with E-state index in [4.69, 9.17) is 16.7 Å². The number of halogens is 1. The second-order valence-electron chi connectivity index (χ2n) is 5.77. The molecule has 0 aliphatic heterocycles. The number of hydrogen-bond acceptors (Lipinski definition) is 5. The number of nitrogens with zero attached hydrogens (tertiary/aromatic N) is 4. The summed E-state index contributed by atoms with van der Waals surface area (Å²) < 4.78 is 28.0. The first-order valence-corrected chi connectivity index (χ1v) is 9.75. The molecule has 2 N–H and O–H groups in total. The number of imidazole rings is 1. The minimum absolute atomic E-state index is 0.0523. The second kappa shape index (κ2) is 6.66. The van der Waals surface area contributed by atoms with Gasteiger partial charge in [0.15, 0.2) is 0 Å². The summed E-state index contributed by atoms with van der Waals surface area (Å²) in [6, 6.07) is 12.6. The van der Waals surface area contributed by atoms with Crippen LogP contribution in [0, 0.1) is 0 Å². The third kappa shape index (κ3) is 3.19. The molecule has 0 bridgehead atoms. The molecular weight excluding hydrogens is 406 g/mol. The Kier molecular flexibility index (Phi) is 4.28. The van der Waals surface area contributed by atoms with E-state index in [0.717, 1.165) is 6.20 Å². The number of carboxylic acids is 1. The highest BCUT2D eigenvalue weighted by Crippen LogP contribution is 2.23. The molecule has 0 aliphatic carbocycles. The lowest BCUT2D eigenvalue weighted by Crippen LogP contribution is -2.25. The van der Waals surface area contributed by atoms with Crippen molar-refractivity contribution in [1.82, 2.24) is 19.4 Å². The molecule has 0 amide bonds. The highest BCUT2D eigenvalue weighted by molar-refractivity contribution is 7.92.